The van der Waals surface area contributed by atoms with Crippen LogP contribution < -0.4 is 5.32 Å². The van der Waals surface area contributed by atoms with Gasteiger partial charge in [0, 0.05) is 12.1 Å². The molecule has 0 heterocycles. The summed E-state index contributed by atoms with van der Waals surface area (Å²) < 4.78 is 39.4. The number of halogens is 3. The average Bonchev–Trinajstić information content (AvgIpc) is 2.30. The Labute approximate surface area is 108 Å². The molecule has 1 amide bonds. The Hall–Kier alpha value is -2.03. The summed E-state index contributed by atoms with van der Waals surface area (Å²) in [5, 5.41) is 11.1. The molecule has 0 spiro atoms. The predicted octanol–water partition coefficient (Wildman–Crippen LogP) is 2.98. The fourth-order valence-corrected chi connectivity index (χ4v) is 2.35. The number of nitrogens with zero attached hydrogens (tertiary/aromatic N) is 1. The minimum absolute atomic E-state index is 0.222. The summed E-state index contributed by atoms with van der Waals surface area (Å²) in [4.78, 5) is 11.9. The van der Waals surface area contributed by atoms with Crippen molar-refractivity contribution >= 4 is 11.6 Å². The van der Waals surface area contributed by atoms with Gasteiger partial charge in [-0.1, -0.05) is 6.92 Å². The molecule has 1 aliphatic rings. The summed E-state index contributed by atoms with van der Waals surface area (Å²) in [5.74, 6) is -4.22. The molecular weight excluding hydrogens is 257 g/mol. The third-order valence-electron chi connectivity index (χ3n) is 3.28. The lowest BCUT2D eigenvalue weighted by atomic mass is 9.63. The summed E-state index contributed by atoms with van der Waals surface area (Å²) in [6, 6.07) is 2.96. The van der Waals surface area contributed by atoms with Gasteiger partial charge in [-0.3, -0.25) is 4.79 Å². The molecule has 1 fully saturated rings. The number of amides is 1. The molecule has 3 nitrogen and oxygen atoms in total. The van der Waals surface area contributed by atoms with E-state index < -0.39 is 34.5 Å². The molecule has 1 N–H and O–H groups in total. The van der Waals surface area contributed by atoms with Crippen molar-refractivity contribution in [3.05, 3.63) is 29.6 Å². The van der Waals surface area contributed by atoms with Crippen LogP contribution in [0.5, 0.6) is 0 Å². The number of rotatable bonds is 2. The van der Waals surface area contributed by atoms with Gasteiger partial charge in [0.1, 0.15) is 11.2 Å². The Morgan fingerprint density at radius 2 is 2.05 bits per heavy atom. The summed E-state index contributed by atoms with van der Waals surface area (Å²) >= 11 is 0. The van der Waals surface area contributed by atoms with Crippen LogP contribution in [-0.4, -0.2) is 5.91 Å². The van der Waals surface area contributed by atoms with Crippen molar-refractivity contribution in [2.24, 2.45) is 11.3 Å². The molecule has 0 aliphatic heterocycles. The molecule has 0 radical (unpaired) electrons. The molecule has 6 heteroatoms. The summed E-state index contributed by atoms with van der Waals surface area (Å²) in [6.45, 7) is 1.88. The third-order valence-corrected chi connectivity index (χ3v) is 3.28. The molecule has 1 aromatic carbocycles. The minimum Gasteiger partial charge on any atom is -0.322 e. The average molecular weight is 268 g/mol. The molecule has 1 saturated carbocycles. The molecule has 100 valence electrons. The normalized spacial score (nSPS) is 25.3. The van der Waals surface area contributed by atoms with Gasteiger partial charge in [-0.2, -0.15) is 5.26 Å². The number of carbonyl (C=O) groups excluding carboxylic acids is 1. The van der Waals surface area contributed by atoms with E-state index in [1.165, 1.54) is 0 Å². The molecule has 0 atom stereocenters. The van der Waals surface area contributed by atoms with Crippen molar-refractivity contribution in [2.45, 2.75) is 19.8 Å². The predicted molar refractivity (Wildman–Crippen MR) is 61.4 cm³/mol. The monoisotopic (exact) mass is 268 g/mol. The van der Waals surface area contributed by atoms with Crippen LogP contribution >= 0.6 is 0 Å². The molecular formula is C13H11F3N2O. The van der Waals surface area contributed by atoms with Crippen LogP contribution in [0.4, 0.5) is 18.9 Å². The van der Waals surface area contributed by atoms with Crippen LogP contribution in [0, 0.1) is 40.1 Å². The van der Waals surface area contributed by atoms with Crippen molar-refractivity contribution in [2.75, 3.05) is 5.32 Å². The zero-order valence-electron chi connectivity index (χ0n) is 10.1. The molecule has 1 aliphatic carbocycles. The second-order valence-electron chi connectivity index (χ2n) is 4.91. The summed E-state index contributed by atoms with van der Waals surface area (Å²) in [7, 11) is 0. The second-order valence-corrected chi connectivity index (χ2v) is 4.91. The largest absolute Gasteiger partial charge is 0.322 e. The van der Waals surface area contributed by atoms with Crippen LogP contribution in [0.2, 0.25) is 0 Å². The quantitative estimate of drug-likeness (QED) is 0.838. The van der Waals surface area contributed by atoms with Gasteiger partial charge in [-0.15, -0.1) is 0 Å². The highest BCUT2D eigenvalue weighted by atomic mass is 19.2. The maximum absolute atomic E-state index is 13.4. The Morgan fingerprint density at radius 3 is 2.58 bits per heavy atom. The van der Waals surface area contributed by atoms with Crippen molar-refractivity contribution in [1.29, 1.82) is 5.26 Å². The Morgan fingerprint density at radius 1 is 1.42 bits per heavy atom. The highest BCUT2D eigenvalue weighted by Gasteiger charge is 2.49. The standard InChI is InChI=1S/C13H11F3N2O/c1-7-4-13(5-7,6-17)12(19)18-10-3-8(14)2-9(15)11(10)16/h2-3,7H,4-5H2,1H3,(H,18,19). The first kappa shape index (κ1) is 13.4. The number of nitrogens with one attached hydrogen (secondary N) is 1. The molecule has 19 heavy (non-hydrogen) atoms. The Balaban J connectivity index is 2.23. The maximum Gasteiger partial charge on any atom is 0.244 e. The Kier molecular flexibility index (Phi) is 3.23. The molecule has 0 bridgehead atoms. The number of anilines is 1. The van der Waals surface area contributed by atoms with Crippen LogP contribution in [0.1, 0.15) is 19.8 Å². The SMILES string of the molecule is CC1CC(C#N)(C(=O)Nc2cc(F)cc(F)c2F)C1. The van der Waals surface area contributed by atoms with Crippen LogP contribution in [0.15, 0.2) is 12.1 Å². The number of benzene rings is 1. The van der Waals surface area contributed by atoms with E-state index in [1.807, 2.05) is 13.0 Å². The van der Waals surface area contributed by atoms with Crippen molar-refractivity contribution in [1.82, 2.24) is 0 Å². The van der Waals surface area contributed by atoms with Gasteiger partial charge >= 0.3 is 0 Å². The zero-order valence-corrected chi connectivity index (χ0v) is 10.1. The van der Waals surface area contributed by atoms with Crippen LogP contribution in [0.25, 0.3) is 0 Å². The number of nitriles is 1. The smallest absolute Gasteiger partial charge is 0.244 e. The van der Waals surface area contributed by atoms with Gasteiger partial charge in [0.15, 0.2) is 11.6 Å². The van der Waals surface area contributed by atoms with E-state index >= 15 is 0 Å². The molecule has 0 unspecified atom stereocenters. The maximum atomic E-state index is 13.4. The number of hydrogen-bond acceptors (Lipinski definition) is 2. The van der Waals surface area contributed by atoms with Gasteiger partial charge in [-0.05, 0) is 18.8 Å². The number of carbonyl (C=O) groups is 1. The number of hydrogen-bond donors (Lipinski definition) is 1. The highest BCUT2D eigenvalue weighted by molar-refractivity contribution is 5.98. The van der Waals surface area contributed by atoms with Crippen molar-refractivity contribution in [3.8, 4) is 6.07 Å². The van der Waals surface area contributed by atoms with Gasteiger partial charge in [0.05, 0.1) is 11.8 Å². The lowest BCUT2D eigenvalue weighted by molar-refractivity contribution is -0.128. The van der Waals surface area contributed by atoms with Crippen LogP contribution in [0.3, 0.4) is 0 Å². The molecule has 2 rings (SSSR count). The van der Waals surface area contributed by atoms with E-state index in [2.05, 4.69) is 5.32 Å². The first-order chi connectivity index (χ1) is 8.88. The van der Waals surface area contributed by atoms with Gasteiger partial charge in [0.2, 0.25) is 5.91 Å². The summed E-state index contributed by atoms with van der Waals surface area (Å²) in [5.41, 5.74) is -1.81. The van der Waals surface area contributed by atoms with E-state index in [1.54, 1.807) is 0 Å². The summed E-state index contributed by atoms with van der Waals surface area (Å²) in [6.07, 6.45) is 0.712. The second kappa shape index (κ2) is 4.57. The van der Waals surface area contributed by atoms with Gasteiger partial charge < -0.3 is 5.32 Å². The van der Waals surface area contributed by atoms with E-state index in [0.29, 0.717) is 25.0 Å². The van der Waals surface area contributed by atoms with Crippen molar-refractivity contribution < 1.29 is 18.0 Å². The topological polar surface area (TPSA) is 52.9 Å². The van der Waals surface area contributed by atoms with E-state index in [4.69, 9.17) is 5.26 Å². The Bertz CT molecular complexity index is 574. The lowest BCUT2D eigenvalue weighted by Crippen LogP contribution is -2.45. The van der Waals surface area contributed by atoms with E-state index in [-0.39, 0.29) is 5.92 Å². The van der Waals surface area contributed by atoms with Crippen molar-refractivity contribution in [3.63, 3.8) is 0 Å². The van der Waals surface area contributed by atoms with E-state index in [0.717, 1.165) is 0 Å². The third kappa shape index (κ3) is 2.28. The van der Waals surface area contributed by atoms with Gasteiger partial charge in [0.25, 0.3) is 0 Å². The minimum atomic E-state index is -1.39. The van der Waals surface area contributed by atoms with E-state index in [9.17, 15) is 18.0 Å². The first-order valence-electron chi connectivity index (χ1n) is 5.75. The first-order valence-corrected chi connectivity index (χ1v) is 5.75. The molecule has 0 saturated heterocycles. The van der Waals surface area contributed by atoms with Crippen LogP contribution in [-0.2, 0) is 4.79 Å². The lowest BCUT2D eigenvalue weighted by Gasteiger charge is -2.39. The highest BCUT2D eigenvalue weighted by Crippen LogP contribution is 2.45. The fourth-order valence-electron chi connectivity index (χ4n) is 2.35. The fraction of sp³-hybridized carbons (Fsp3) is 0.385. The van der Waals surface area contributed by atoms with Gasteiger partial charge in [-0.25, -0.2) is 13.2 Å². The molecule has 0 aromatic heterocycles. The zero-order chi connectivity index (χ0) is 14.2. The molecule has 1 aromatic rings.